The minimum atomic E-state index is -0.432. The van der Waals surface area contributed by atoms with Gasteiger partial charge in [0.2, 0.25) is 0 Å². The van der Waals surface area contributed by atoms with Crippen molar-refractivity contribution in [1.29, 1.82) is 0 Å². The molecule has 0 amide bonds. The maximum Gasteiger partial charge on any atom is 0.269 e. The van der Waals surface area contributed by atoms with E-state index in [1.807, 2.05) is 30.3 Å². The summed E-state index contributed by atoms with van der Waals surface area (Å²) in [5.41, 5.74) is 1.21. The molecule has 5 nitrogen and oxygen atoms in total. The van der Waals surface area contributed by atoms with Gasteiger partial charge in [0.1, 0.15) is 12.4 Å². The molecule has 0 spiro atoms. The van der Waals surface area contributed by atoms with Crippen LogP contribution in [-0.2, 0) is 4.74 Å². The zero-order chi connectivity index (χ0) is 15.8. The van der Waals surface area contributed by atoms with E-state index in [4.69, 9.17) is 9.47 Å². The Hall–Kier alpha value is -2.40. The molecule has 0 aliphatic heterocycles. The second kappa shape index (κ2) is 8.14. The third kappa shape index (κ3) is 4.56. The van der Waals surface area contributed by atoms with Crippen molar-refractivity contribution in [2.24, 2.45) is 0 Å². The van der Waals surface area contributed by atoms with Crippen molar-refractivity contribution in [1.82, 2.24) is 0 Å². The lowest BCUT2D eigenvalue weighted by Gasteiger charge is -2.16. The summed E-state index contributed by atoms with van der Waals surface area (Å²) in [6, 6.07) is 16.1. The lowest BCUT2D eigenvalue weighted by molar-refractivity contribution is -0.384. The SMILES string of the molecule is CCC(OCCOc1ccc([N+](=O)[O-])cc1)c1ccccc1. The molecular weight excluding hydrogens is 282 g/mol. The first-order valence-electron chi connectivity index (χ1n) is 7.24. The van der Waals surface area contributed by atoms with E-state index in [1.54, 1.807) is 12.1 Å². The quantitative estimate of drug-likeness (QED) is 0.417. The normalized spacial score (nSPS) is 11.9. The van der Waals surface area contributed by atoms with Crippen LogP contribution in [0.4, 0.5) is 5.69 Å². The van der Waals surface area contributed by atoms with Gasteiger partial charge in [-0.1, -0.05) is 37.3 Å². The maximum atomic E-state index is 10.6. The first kappa shape index (κ1) is 16.0. The molecule has 0 N–H and O–H groups in total. The van der Waals surface area contributed by atoms with Gasteiger partial charge in [-0.2, -0.15) is 0 Å². The minimum Gasteiger partial charge on any atom is -0.491 e. The van der Waals surface area contributed by atoms with Crippen molar-refractivity contribution >= 4 is 5.69 Å². The van der Waals surface area contributed by atoms with Gasteiger partial charge in [-0.05, 0) is 24.1 Å². The number of nitro benzene ring substituents is 1. The Morgan fingerprint density at radius 3 is 2.32 bits per heavy atom. The van der Waals surface area contributed by atoms with E-state index in [1.165, 1.54) is 12.1 Å². The van der Waals surface area contributed by atoms with Crippen LogP contribution in [0.5, 0.6) is 5.75 Å². The first-order valence-corrected chi connectivity index (χ1v) is 7.24. The molecule has 0 saturated carbocycles. The number of nitro groups is 1. The average Bonchev–Trinajstić information content (AvgIpc) is 2.56. The molecule has 1 atom stereocenters. The highest BCUT2D eigenvalue weighted by Gasteiger charge is 2.09. The van der Waals surface area contributed by atoms with Gasteiger partial charge in [-0.25, -0.2) is 0 Å². The standard InChI is InChI=1S/C17H19NO4/c1-2-17(14-6-4-3-5-7-14)22-13-12-21-16-10-8-15(9-11-16)18(19)20/h3-11,17H,2,12-13H2,1H3. The zero-order valence-electron chi connectivity index (χ0n) is 12.5. The predicted octanol–water partition coefficient (Wildman–Crippen LogP) is 4.14. The summed E-state index contributed by atoms with van der Waals surface area (Å²) in [6.45, 7) is 2.94. The van der Waals surface area contributed by atoms with Crippen LogP contribution in [0.2, 0.25) is 0 Å². The summed E-state index contributed by atoms with van der Waals surface area (Å²) < 4.78 is 11.4. The number of hydrogen-bond acceptors (Lipinski definition) is 4. The number of non-ortho nitro benzene ring substituents is 1. The summed E-state index contributed by atoms with van der Waals surface area (Å²) in [4.78, 5) is 10.1. The van der Waals surface area contributed by atoms with Crippen molar-refractivity contribution < 1.29 is 14.4 Å². The van der Waals surface area contributed by atoms with Gasteiger partial charge in [0.25, 0.3) is 5.69 Å². The Balaban J connectivity index is 1.77. The molecule has 0 fully saturated rings. The van der Waals surface area contributed by atoms with Gasteiger partial charge in [-0.15, -0.1) is 0 Å². The molecule has 2 aromatic rings. The zero-order valence-corrected chi connectivity index (χ0v) is 12.5. The summed E-state index contributed by atoms with van der Waals surface area (Å²) in [7, 11) is 0. The first-order chi connectivity index (χ1) is 10.7. The molecule has 0 heterocycles. The number of nitrogens with zero attached hydrogens (tertiary/aromatic N) is 1. The van der Waals surface area contributed by atoms with Crippen LogP contribution in [0.1, 0.15) is 25.0 Å². The molecule has 0 aliphatic carbocycles. The van der Waals surface area contributed by atoms with E-state index in [-0.39, 0.29) is 11.8 Å². The average molecular weight is 301 g/mol. The molecule has 1 unspecified atom stereocenters. The maximum absolute atomic E-state index is 10.6. The van der Waals surface area contributed by atoms with E-state index in [9.17, 15) is 10.1 Å². The van der Waals surface area contributed by atoms with E-state index in [0.29, 0.717) is 19.0 Å². The molecule has 5 heteroatoms. The van der Waals surface area contributed by atoms with Crippen LogP contribution >= 0.6 is 0 Å². The largest absolute Gasteiger partial charge is 0.491 e. The van der Waals surface area contributed by atoms with E-state index < -0.39 is 4.92 Å². The molecule has 2 rings (SSSR count). The van der Waals surface area contributed by atoms with Gasteiger partial charge in [0, 0.05) is 12.1 Å². The topological polar surface area (TPSA) is 61.6 Å². The van der Waals surface area contributed by atoms with Gasteiger partial charge >= 0.3 is 0 Å². The highest BCUT2D eigenvalue weighted by Crippen LogP contribution is 2.21. The Kier molecular flexibility index (Phi) is 5.91. The molecule has 0 saturated heterocycles. The van der Waals surface area contributed by atoms with Gasteiger partial charge in [-0.3, -0.25) is 10.1 Å². The summed E-state index contributed by atoms with van der Waals surface area (Å²) in [6.07, 6.45) is 0.948. The Morgan fingerprint density at radius 2 is 1.73 bits per heavy atom. The van der Waals surface area contributed by atoms with Crippen molar-refractivity contribution in [3.63, 3.8) is 0 Å². The Labute approximate surface area is 129 Å². The highest BCUT2D eigenvalue weighted by atomic mass is 16.6. The van der Waals surface area contributed by atoms with E-state index in [0.717, 1.165) is 12.0 Å². The number of ether oxygens (including phenoxy) is 2. The van der Waals surface area contributed by atoms with Gasteiger partial charge < -0.3 is 9.47 Å². The van der Waals surface area contributed by atoms with Crippen LogP contribution in [0.15, 0.2) is 54.6 Å². The summed E-state index contributed by atoms with van der Waals surface area (Å²) >= 11 is 0. The van der Waals surface area contributed by atoms with Crippen LogP contribution in [0.25, 0.3) is 0 Å². The number of benzene rings is 2. The molecule has 2 aromatic carbocycles. The Morgan fingerprint density at radius 1 is 1.05 bits per heavy atom. The second-order valence-corrected chi connectivity index (χ2v) is 4.78. The molecular formula is C17H19NO4. The van der Waals surface area contributed by atoms with Crippen LogP contribution in [0, 0.1) is 10.1 Å². The van der Waals surface area contributed by atoms with Crippen LogP contribution in [-0.4, -0.2) is 18.1 Å². The number of rotatable bonds is 8. The van der Waals surface area contributed by atoms with Crippen molar-refractivity contribution in [2.75, 3.05) is 13.2 Å². The fraction of sp³-hybridized carbons (Fsp3) is 0.294. The van der Waals surface area contributed by atoms with E-state index >= 15 is 0 Å². The minimum absolute atomic E-state index is 0.0544. The fourth-order valence-electron chi connectivity index (χ4n) is 2.13. The van der Waals surface area contributed by atoms with Crippen LogP contribution < -0.4 is 4.74 Å². The highest BCUT2D eigenvalue weighted by molar-refractivity contribution is 5.35. The molecule has 0 aromatic heterocycles. The van der Waals surface area contributed by atoms with E-state index in [2.05, 4.69) is 6.92 Å². The Bertz CT molecular complexity index is 583. The van der Waals surface area contributed by atoms with Gasteiger partial charge in [0.05, 0.1) is 17.6 Å². The van der Waals surface area contributed by atoms with Crippen LogP contribution in [0.3, 0.4) is 0 Å². The van der Waals surface area contributed by atoms with Crippen molar-refractivity contribution in [3.05, 3.63) is 70.3 Å². The lowest BCUT2D eigenvalue weighted by Crippen LogP contribution is -2.11. The summed E-state index contributed by atoms with van der Waals surface area (Å²) in [5, 5.41) is 10.6. The smallest absolute Gasteiger partial charge is 0.269 e. The number of hydrogen-bond donors (Lipinski definition) is 0. The molecule has 0 aliphatic rings. The second-order valence-electron chi connectivity index (χ2n) is 4.78. The molecule has 116 valence electrons. The van der Waals surface area contributed by atoms with Crippen molar-refractivity contribution in [2.45, 2.75) is 19.4 Å². The third-order valence-electron chi connectivity index (χ3n) is 3.26. The lowest BCUT2D eigenvalue weighted by atomic mass is 10.1. The molecule has 22 heavy (non-hydrogen) atoms. The predicted molar refractivity (Wildman–Crippen MR) is 84.0 cm³/mol. The third-order valence-corrected chi connectivity index (χ3v) is 3.26. The van der Waals surface area contributed by atoms with Gasteiger partial charge in [0.15, 0.2) is 0 Å². The molecule has 0 radical (unpaired) electrons. The molecule has 0 bridgehead atoms. The summed E-state index contributed by atoms with van der Waals surface area (Å²) in [5.74, 6) is 0.599. The monoisotopic (exact) mass is 301 g/mol. The fourth-order valence-corrected chi connectivity index (χ4v) is 2.13. The van der Waals surface area contributed by atoms with Crippen molar-refractivity contribution in [3.8, 4) is 5.75 Å².